The number of aromatic nitrogens is 2. The molecule has 0 saturated carbocycles. The van der Waals surface area contributed by atoms with Crippen molar-refractivity contribution >= 4 is 11.8 Å². The Bertz CT molecular complexity index is 369. The number of carbonyl (C=O) groups is 1. The average Bonchev–Trinajstić information content (AvgIpc) is 2.40. The lowest BCUT2D eigenvalue weighted by atomic mass is 10.0. The number of piperidine rings is 1. The Morgan fingerprint density at radius 1 is 1.65 bits per heavy atom. The van der Waals surface area contributed by atoms with Gasteiger partial charge in [0, 0.05) is 12.7 Å². The third-order valence-corrected chi connectivity index (χ3v) is 2.88. The molecule has 1 fully saturated rings. The van der Waals surface area contributed by atoms with Crippen molar-refractivity contribution in [3.05, 3.63) is 18.6 Å². The van der Waals surface area contributed by atoms with Gasteiger partial charge in [-0.2, -0.15) is 0 Å². The van der Waals surface area contributed by atoms with E-state index in [-0.39, 0.29) is 12.0 Å². The van der Waals surface area contributed by atoms with Crippen LogP contribution >= 0.6 is 0 Å². The number of rotatable bonds is 3. The molecule has 0 aliphatic carbocycles. The van der Waals surface area contributed by atoms with Crippen LogP contribution in [0.5, 0.6) is 0 Å². The summed E-state index contributed by atoms with van der Waals surface area (Å²) >= 11 is 0. The van der Waals surface area contributed by atoms with Gasteiger partial charge in [-0.1, -0.05) is 0 Å². The first-order valence-corrected chi connectivity index (χ1v) is 5.95. The smallest absolute Gasteiger partial charge is 0.328 e. The number of esters is 1. The van der Waals surface area contributed by atoms with Crippen LogP contribution in [0.15, 0.2) is 12.3 Å². The van der Waals surface area contributed by atoms with Crippen LogP contribution in [-0.4, -0.2) is 35.1 Å². The van der Waals surface area contributed by atoms with Crippen molar-refractivity contribution in [3.63, 3.8) is 0 Å². The van der Waals surface area contributed by atoms with Gasteiger partial charge in [-0.3, -0.25) is 0 Å². The molecular formula is C12H16N3O2. The maximum absolute atomic E-state index is 11.9. The highest BCUT2D eigenvalue weighted by Gasteiger charge is 2.30. The highest BCUT2D eigenvalue weighted by atomic mass is 16.5. The topological polar surface area (TPSA) is 55.3 Å². The Kier molecular flexibility index (Phi) is 3.90. The van der Waals surface area contributed by atoms with Crippen LogP contribution in [0, 0.1) is 6.33 Å². The maximum atomic E-state index is 11.9. The molecule has 2 rings (SSSR count). The van der Waals surface area contributed by atoms with Crippen molar-refractivity contribution in [1.29, 1.82) is 0 Å². The zero-order valence-electron chi connectivity index (χ0n) is 9.93. The summed E-state index contributed by atoms with van der Waals surface area (Å²) in [5, 5.41) is 0. The molecule has 2 heterocycles. The number of anilines is 1. The van der Waals surface area contributed by atoms with Gasteiger partial charge < -0.3 is 9.64 Å². The fourth-order valence-electron chi connectivity index (χ4n) is 2.10. The molecular weight excluding hydrogens is 218 g/mol. The lowest BCUT2D eigenvalue weighted by Crippen LogP contribution is -2.46. The summed E-state index contributed by atoms with van der Waals surface area (Å²) < 4.78 is 5.10. The van der Waals surface area contributed by atoms with Crippen molar-refractivity contribution in [3.8, 4) is 0 Å². The van der Waals surface area contributed by atoms with E-state index in [2.05, 4.69) is 16.3 Å². The van der Waals surface area contributed by atoms with Gasteiger partial charge in [0.25, 0.3) is 0 Å². The number of hydrogen-bond acceptors (Lipinski definition) is 5. The lowest BCUT2D eigenvalue weighted by Gasteiger charge is -2.34. The summed E-state index contributed by atoms with van der Waals surface area (Å²) in [4.78, 5) is 21.7. The molecule has 1 saturated heterocycles. The monoisotopic (exact) mass is 234 g/mol. The van der Waals surface area contributed by atoms with Gasteiger partial charge in [0.15, 0.2) is 6.33 Å². The average molecular weight is 234 g/mol. The quantitative estimate of drug-likeness (QED) is 0.735. The fourth-order valence-corrected chi connectivity index (χ4v) is 2.10. The minimum absolute atomic E-state index is 0.161. The minimum Gasteiger partial charge on any atom is -0.464 e. The second-order valence-corrected chi connectivity index (χ2v) is 3.97. The van der Waals surface area contributed by atoms with Gasteiger partial charge >= 0.3 is 5.97 Å². The number of nitrogens with zero attached hydrogens (tertiary/aromatic N) is 3. The van der Waals surface area contributed by atoms with E-state index in [1.807, 2.05) is 11.8 Å². The van der Waals surface area contributed by atoms with Crippen LogP contribution in [-0.2, 0) is 9.53 Å². The molecule has 0 aromatic carbocycles. The Morgan fingerprint density at radius 2 is 2.53 bits per heavy atom. The molecule has 1 atom stereocenters. The van der Waals surface area contributed by atoms with E-state index in [1.165, 1.54) is 0 Å². The predicted molar refractivity (Wildman–Crippen MR) is 62.5 cm³/mol. The van der Waals surface area contributed by atoms with Crippen LogP contribution in [0.2, 0.25) is 0 Å². The summed E-state index contributed by atoms with van der Waals surface area (Å²) in [6, 6.07) is 1.58. The van der Waals surface area contributed by atoms with Crippen LogP contribution < -0.4 is 4.90 Å². The highest BCUT2D eigenvalue weighted by Crippen LogP contribution is 2.23. The van der Waals surface area contributed by atoms with Crippen LogP contribution in [0.3, 0.4) is 0 Å². The lowest BCUT2D eigenvalue weighted by molar-refractivity contribution is -0.145. The standard InChI is InChI=1S/C12H16N3O2/c1-2-17-12(16)10-5-3-4-8-15(10)11-6-7-13-9-14-11/h6-7,10H,2-5,8H2,1H3. The second kappa shape index (κ2) is 5.61. The number of ether oxygens (including phenoxy) is 1. The normalized spacial score (nSPS) is 20.1. The SMILES string of the molecule is CCOC(=O)C1CCCCN1c1ccn[c]n1. The summed E-state index contributed by atoms with van der Waals surface area (Å²) in [5.41, 5.74) is 0. The third-order valence-electron chi connectivity index (χ3n) is 2.88. The minimum atomic E-state index is -0.216. The molecule has 0 spiro atoms. The first kappa shape index (κ1) is 11.8. The van der Waals surface area contributed by atoms with E-state index < -0.39 is 0 Å². The van der Waals surface area contributed by atoms with Gasteiger partial charge in [-0.05, 0) is 32.3 Å². The highest BCUT2D eigenvalue weighted by molar-refractivity contribution is 5.79. The molecule has 17 heavy (non-hydrogen) atoms. The first-order chi connectivity index (χ1) is 8.33. The Balaban J connectivity index is 2.15. The molecule has 5 heteroatoms. The Hall–Kier alpha value is -1.65. The van der Waals surface area contributed by atoms with Gasteiger partial charge in [-0.15, -0.1) is 0 Å². The molecule has 0 N–H and O–H groups in total. The van der Waals surface area contributed by atoms with Crippen molar-refractivity contribution in [1.82, 2.24) is 9.97 Å². The Labute approximate surface area is 101 Å². The van der Waals surface area contributed by atoms with E-state index in [4.69, 9.17) is 4.74 Å². The maximum Gasteiger partial charge on any atom is 0.328 e. The van der Waals surface area contributed by atoms with E-state index in [0.717, 1.165) is 31.6 Å². The van der Waals surface area contributed by atoms with Crippen molar-refractivity contribution in [2.75, 3.05) is 18.1 Å². The van der Waals surface area contributed by atoms with Gasteiger partial charge in [0.1, 0.15) is 11.9 Å². The number of carbonyl (C=O) groups excluding carboxylic acids is 1. The van der Waals surface area contributed by atoms with Gasteiger partial charge in [0.05, 0.1) is 6.61 Å². The second-order valence-electron chi connectivity index (χ2n) is 3.97. The molecule has 5 nitrogen and oxygen atoms in total. The zero-order valence-corrected chi connectivity index (χ0v) is 9.93. The van der Waals surface area contributed by atoms with E-state index >= 15 is 0 Å². The zero-order chi connectivity index (χ0) is 12.1. The summed E-state index contributed by atoms with van der Waals surface area (Å²) in [6.45, 7) is 3.07. The molecule has 1 radical (unpaired) electrons. The van der Waals surface area contributed by atoms with E-state index in [1.54, 1.807) is 12.3 Å². The summed E-state index contributed by atoms with van der Waals surface area (Å²) in [5.74, 6) is 0.587. The largest absolute Gasteiger partial charge is 0.464 e. The van der Waals surface area contributed by atoms with Crippen LogP contribution in [0.4, 0.5) is 5.82 Å². The van der Waals surface area contributed by atoms with Crippen molar-refractivity contribution < 1.29 is 9.53 Å². The Morgan fingerprint density at radius 3 is 3.24 bits per heavy atom. The predicted octanol–water partition coefficient (Wildman–Crippen LogP) is 1.20. The van der Waals surface area contributed by atoms with E-state index in [0.29, 0.717) is 6.61 Å². The molecule has 1 aliphatic heterocycles. The van der Waals surface area contributed by atoms with Crippen molar-refractivity contribution in [2.24, 2.45) is 0 Å². The van der Waals surface area contributed by atoms with Crippen LogP contribution in [0.1, 0.15) is 26.2 Å². The molecule has 1 aliphatic rings. The molecule has 0 bridgehead atoms. The molecule has 0 amide bonds. The molecule has 1 aromatic rings. The summed E-state index contributed by atoms with van der Waals surface area (Å²) in [6.07, 6.45) is 7.14. The third kappa shape index (κ3) is 2.72. The van der Waals surface area contributed by atoms with Crippen LogP contribution in [0.25, 0.3) is 0 Å². The van der Waals surface area contributed by atoms with Crippen molar-refractivity contribution in [2.45, 2.75) is 32.2 Å². The molecule has 1 unspecified atom stereocenters. The fraction of sp³-hybridized carbons (Fsp3) is 0.583. The van der Waals surface area contributed by atoms with Gasteiger partial charge in [0.2, 0.25) is 0 Å². The molecule has 1 aromatic heterocycles. The summed E-state index contributed by atoms with van der Waals surface area (Å²) in [7, 11) is 0. The molecule has 91 valence electrons. The van der Waals surface area contributed by atoms with Gasteiger partial charge in [-0.25, -0.2) is 14.8 Å². The first-order valence-electron chi connectivity index (χ1n) is 5.95. The number of hydrogen-bond donors (Lipinski definition) is 0. The van der Waals surface area contributed by atoms with E-state index in [9.17, 15) is 4.79 Å².